The highest BCUT2D eigenvalue weighted by molar-refractivity contribution is 7.08. The van der Waals surface area contributed by atoms with Crippen LogP contribution in [0.1, 0.15) is 37.0 Å². The van der Waals surface area contributed by atoms with Crippen LogP contribution in [0.2, 0.25) is 0 Å². The number of rotatable bonds is 8. The third-order valence-corrected chi connectivity index (χ3v) is 8.25. The fraction of sp³-hybridized carbons (Fsp3) is 0.0455. The smallest absolute Gasteiger partial charge is 0.220 e. The maximum atomic E-state index is 13.7. The molecule has 0 bridgehead atoms. The highest BCUT2D eigenvalue weighted by Gasteiger charge is 2.18. The second-order valence-electron chi connectivity index (χ2n) is 11.2. The molecule has 4 aromatic heterocycles. The minimum Gasteiger partial charge on any atom is -0.465 e. The van der Waals surface area contributed by atoms with Crippen LogP contribution < -0.4 is 0 Å². The average molecular weight is 745 g/mol. The standard InChI is InChI=1S/C21H13F2NO2.C21H13F2NOS.C2H6/c22-16-6-1-4-14(12-16)20-21(15-5-2-7-17(23)13-15)26-19(24-20)10-9-18-8-3-11-25-18;22-17-5-1-3-15(11-17)20-21(16-4-2-6-18(23)12-16)25-19(24-20)8-7-14-9-10-26-13-14;1-2/h2*1-13H;1-2H3/b10-9+;8-7+;. The van der Waals surface area contributed by atoms with E-state index in [1.165, 1.54) is 48.5 Å². The molecular weight excluding hydrogens is 713 g/mol. The number of furan rings is 1. The van der Waals surface area contributed by atoms with Crippen molar-refractivity contribution in [2.45, 2.75) is 13.8 Å². The van der Waals surface area contributed by atoms with Gasteiger partial charge in [0, 0.05) is 34.4 Å². The number of aromatic nitrogens is 2. The molecule has 0 saturated heterocycles. The van der Waals surface area contributed by atoms with Crippen LogP contribution in [-0.4, -0.2) is 9.97 Å². The van der Waals surface area contributed by atoms with E-state index in [0.717, 1.165) is 5.56 Å². The molecule has 0 fully saturated rings. The van der Waals surface area contributed by atoms with Gasteiger partial charge in [0.05, 0.1) is 6.26 Å². The summed E-state index contributed by atoms with van der Waals surface area (Å²) in [5.74, 6) is 0.567. The molecule has 0 unspecified atom stereocenters. The molecule has 4 heterocycles. The predicted octanol–water partition coefficient (Wildman–Crippen LogP) is 13.6. The highest BCUT2D eigenvalue weighted by Crippen LogP contribution is 2.35. The zero-order valence-corrected chi connectivity index (χ0v) is 29.9. The van der Waals surface area contributed by atoms with Crippen molar-refractivity contribution in [1.29, 1.82) is 0 Å². The maximum Gasteiger partial charge on any atom is 0.220 e. The quantitative estimate of drug-likeness (QED) is 0.145. The van der Waals surface area contributed by atoms with Gasteiger partial charge in [0.2, 0.25) is 11.8 Å². The Morgan fingerprint density at radius 1 is 0.519 bits per heavy atom. The highest BCUT2D eigenvalue weighted by atomic mass is 32.1. The number of hydrogen-bond donors (Lipinski definition) is 0. The van der Waals surface area contributed by atoms with Crippen molar-refractivity contribution in [1.82, 2.24) is 9.97 Å². The number of oxazole rings is 2. The van der Waals surface area contributed by atoms with Gasteiger partial charge in [0.15, 0.2) is 11.5 Å². The van der Waals surface area contributed by atoms with Gasteiger partial charge >= 0.3 is 0 Å². The molecule has 0 amide bonds. The van der Waals surface area contributed by atoms with E-state index in [1.54, 1.807) is 96.5 Å². The molecule has 0 radical (unpaired) electrons. The molecule has 8 rings (SSSR count). The monoisotopic (exact) mass is 744 g/mol. The maximum absolute atomic E-state index is 13.7. The first-order chi connectivity index (χ1) is 26.4. The number of hydrogen-bond acceptors (Lipinski definition) is 6. The van der Waals surface area contributed by atoms with Crippen LogP contribution in [0.5, 0.6) is 0 Å². The Morgan fingerprint density at radius 2 is 0.981 bits per heavy atom. The lowest BCUT2D eigenvalue weighted by Crippen LogP contribution is -1.85. The Kier molecular flexibility index (Phi) is 12.3. The molecule has 0 saturated carbocycles. The molecule has 0 spiro atoms. The van der Waals surface area contributed by atoms with Gasteiger partial charge in [-0.25, -0.2) is 27.5 Å². The molecule has 5 nitrogen and oxygen atoms in total. The van der Waals surface area contributed by atoms with Crippen molar-refractivity contribution in [3.8, 4) is 45.2 Å². The van der Waals surface area contributed by atoms with E-state index in [2.05, 4.69) is 9.97 Å². The Morgan fingerprint density at radius 3 is 1.41 bits per heavy atom. The van der Waals surface area contributed by atoms with Crippen LogP contribution in [0.3, 0.4) is 0 Å². The third kappa shape index (κ3) is 9.47. The predicted molar refractivity (Wildman–Crippen MR) is 207 cm³/mol. The van der Waals surface area contributed by atoms with Crippen LogP contribution in [0.15, 0.2) is 146 Å². The molecule has 0 N–H and O–H groups in total. The second-order valence-corrected chi connectivity index (χ2v) is 12.0. The van der Waals surface area contributed by atoms with Gasteiger partial charge < -0.3 is 13.3 Å². The zero-order valence-electron chi connectivity index (χ0n) is 29.1. The first kappa shape index (κ1) is 37.2. The van der Waals surface area contributed by atoms with E-state index in [-0.39, 0.29) is 17.5 Å². The summed E-state index contributed by atoms with van der Waals surface area (Å²) >= 11 is 1.59. The first-order valence-corrected chi connectivity index (χ1v) is 17.8. The van der Waals surface area contributed by atoms with Crippen molar-refractivity contribution < 1.29 is 30.8 Å². The van der Waals surface area contributed by atoms with Crippen molar-refractivity contribution in [3.63, 3.8) is 0 Å². The fourth-order valence-electron chi connectivity index (χ4n) is 5.21. The minimum absolute atomic E-state index is 0.305. The van der Waals surface area contributed by atoms with Gasteiger partial charge in [-0.2, -0.15) is 11.3 Å². The number of thiophene rings is 1. The van der Waals surface area contributed by atoms with E-state index in [9.17, 15) is 17.6 Å². The van der Waals surface area contributed by atoms with E-state index >= 15 is 0 Å². The molecule has 0 aliphatic heterocycles. The van der Waals surface area contributed by atoms with Crippen molar-refractivity contribution in [2.75, 3.05) is 0 Å². The van der Waals surface area contributed by atoms with E-state index < -0.39 is 5.82 Å². The van der Waals surface area contributed by atoms with E-state index in [1.807, 2.05) is 36.7 Å². The lowest BCUT2D eigenvalue weighted by atomic mass is 10.1. The van der Waals surface area contributed by atoms with Crippen LogP contribution in [0.25, 0.3) is 69.5 Å². The molecule has 0 atom stereocenters. The summed E-state index contributed by atoms with van der Waals surface area (Å²) in [6.45, 7) is 4.00. The molecule has 8 aromatic rings. The third-order valence-electron chi connectivity index (χ3n) is 7.55. The average Bonchev–Trinajstić information content (AvgIpc) is 4.02. The number of nitrogens with zero attached hydrogens (tertiary/aromatic N) is 2. The normalized spacial score (nSPS) is 11.0. The molecule has 0 aliphatic carbocycles. The summed E-state index contributed by atoms with van der Waals surface area (Å²) in [5, 5.41) is 3.98. The first-order valence-electron chi connectivity index (χ1n) is 16.9. The van der Waals surface area contributed by atoms with Gasteiger partial charge in [-0.15, -0.1) is 0 Å². The lowest BCUT2D eigenvalue weighted by molar-refractivity contribution is 0.553. The summed E-state index contributed by atoms with van der Waals surface area (Å²) in [7, 11) is 0. The largest absolute Gasteiger partial charge is 0.465 e. The van der Waals surface area contributed by atoms with Gasteiger partial charge in [-0.3, -0.25) is 0 Å². The molecule has 54 heavy (non-hydrogen) atoms. The van der Waals surface area contributed by atoms with Gasteiger partial charge in [0.25, 0.3) is 0 Å². The van der Waals surface area contributed by atoms with Crippen LogP contribution >= 0.6 is 11.3 Å². The molecular formula is C44H32F4N2O3S. The Hall–Kier alpha value is -6.52. The summed E-state index contributed by atoms with van der Waals surface area (Å²) < 4.78 is 71.5. The number of benzene rings is 4. The Balaban J connectivity index is 0.000000176. The minimum atomic E-state index is -0.392. The van der Waals surface area contributed by atoms with Gasteiger partial charge in [-0.05, 0) is 95.2 Å². The van der Waals surface area contributed by atoms with Gasteiger partial charge in [-0.1, -0.05) is 62.4 Å². The Labute approximate surface area is 313 Å². The summed E-state index contributed by atoms with van der Waals surface area (Å²) in [6, 6.07) is 29.7. The van der Waals surface area contributed by atoms with Crippen molar-refractivity contribution in [2.24, 2.45) is 0 Å². The molecule has 4 aromatic carbocycles. The second kappa shape index (κ2) is 17.8. The van der Waals surface area contributed by atoms with E-state index in [0.29, 0.717) is 62.7 Å². The summed E-state index contributed by atoms with van der Waals surface area (Å²) in [5.41, 5.74) is 4.14. The summed E-state index contributed by atoms with van der Waals surface area (Å²) in [6.07, 6.45) is 8.53. The number of halogens is 4. The van der Waals surface area contributed by atoms with Crippen LogP contribution in [-0.2, 0) is 0 Å². The Bertz CT molecular complexity index is 2180. The zero-order chi connectivity index (χ0) is 37.9. The molecule has 10 heteroatoms. The summed E-state index contributed by atoms with van der Waals surface area (Å²) in [4.78, 5) is 8.93. The van der Waals surface area contributed by atoms with Crippen molar-refractivity contribution in [3.05, 3.63) is 179 Å². The van der Waals surface area contributed by atoms with E-state index in [4.69, 9.17) is 13.3 Å². The molecule has 270 valence electrons. The van der Waals surface area contributed by atoms with Gasteiger partial charge in [0.1, 0.15) is 40.4 Å². The van der Waals surface area contributed by atoms with Crippen molar-refractivity contribution >= 4 is 35.6 Å². The topological polar surface area (TPSA) is 65.2 Å². The molecule has 0 aliphatic rings. The lowest BCUT2D eigenvalue weighted by Gasteiger charge is -2.02. The SMILES string of the molecule is CC.Fc1cccc(-c2nc(/C=C/c3ccco3)oc2-c2cccc(F)c2)c1.Fc1cccc(-c2nc(/C=C/c3ccsc3)oc2-c2cccc(F)c2)c1. The van der Waals surface area contributed by atoms with Crippen LogP contribution in [0.4, 0.5) is 17.6 Å². The fourth-order valence-corrected chi connectivity index (χ4v) is 5.83. The van der Waals surface area contributed by atoms with Crippen LogP contribution in [0, 0.1) is 23.3 Å².